The molecule has 2 heterocycles. The van der Waals surface area contributed by atoms with Crippen LogP contribution in [0.2, 0.25) is 0 Å². The van der Waals surface area contributed by atoms with E-state index in [1.165, 1.54) is 35.6 Å². The second kappa shape index (κ2) is 6.18. The number of aromatic nitrogens is 1. The summed E-state index contributed by atoms with van der Waals surface area (Å²) in [5.74, 6) is 0.681. The summed E-state index contributed by atoms with van der Waals surface area (Å²) in [5, 5.41) is 3.24. The summed E-state index contributed by atoms with van der Waals surface area (Å²) in [6.07, 6.45) is 0. The summed E-state index contributed by atoms with van der Waals surface area (Å²) in [4.78, 5) is 17.7. The lowest BCUT2D eigenvalue weighted by atomic mass is 10.1. The molecule has 0 aliphatic carbocycles. The highest BCUT2D eigenvalue weighted by atomic mass is 32.1. The average molecular weight is 356 g/mol. The highest BCUT2D eigenvalue weighted by molar-refractivity contribution is 7.16. The highest BCUT2D eigenvalue weighted by Crippen LogP contribution is 2.38. The topological polar surface area (TPSA) is 60.5 Å². The van der Waals surface area contributed by atoms with E-state index in [0.717, 1.165) is 16.1 Å². The summed E-state index contributed by atoms with van der Waals surface area (Å²) < 4.78 is 23.7. The van der Waals surface area contributed by atoms with E-state index in [2.05, 4.69) is 10.3 Å². The van der Waals surface area contributed by atoms with Crippen molar-refractivity contribution in [1.29, 1.82) is 0 Å². The van der Waals surface area contributed by atoms with Gasteiger partial charge in [-0.05, 0) is 49.4 Å². The minimum absolute atomic E-state index is 0.216. The van der Waals surface area contributed by atoms with Crippen molar-refractivity contribution in [2.24, 2.45) is 0 Å². The van der Waals surface area contributed by atoms with E-state index in [0.29, 0.717) is 22.2 Å². The molecule has 0 bridgehead atoms. The summed E-state index contributed by atoms with van der Waals surface area (Å²) in [7, 11) is 0. The first-order chi connectivity index (χ1) is 12.1. The van der Waals surface area contributed by atoms with Crippen LogP contribution in [0.3, 0.4) is 0 Å². The lowest BCUT2D eigenvalue weighted by molar-refractivity contribution is 0.102. The predicted octanol–water partition coefficient (Wildman–Crippen LogP) is 4.24. The number of hydrogen-bond donors (Lipinski definition) is 1. The number of rotatable bonds is 3. The molecule has 0 radical (unpaired) electrons. The number of ether oxygens (including phenoxy) is 2. The second-order valence-electron chi connectivity index (χ2n) is 5.45. The number of benzene rings is 2. The Labute approximate surface area is 147 Å². The van der Waals surface area contributed by atoms with Crippen molar-refractivity contribution in [3.63, 3.8) is 0 Å². The average Bonchev–Trinajstić information content (AvgIpc) is 3.21. The Morgan fingerprint density at radius 3 is 2.72 bits per heavy atom. The fraction of sp³-hybridized carbons (Fsp3) is 0.111. The largest absolute Gasteiger partial charge is 0.454 e. The van der Waals surface area contributed by atoms with Gasteiger partial charge in [0.25, 0.3) is 5.91 Å². The van der Waals surface area contributed by atoms with Crippen LogP contribution < -0.4 is 14.8 Å². The molecule has 0 spiro atoms. The Hall–Kier alpha value is -2.93. The number of fused-ring (bicyclic) bond motifs is 1. The Morgan fingerprint density at radius 2 is 1.92 bits per heavy atom. The van der Waals surface area contributed by atoms with E-state index in [1.54, 1.807) is 0 Å². The minimum Gasteiger partial charge on any atom is -0.454 e. The normalized spacial score (nSPS) is 12.2. The van der Waals surface area contributed by atoms with Crippen molar-refractivity contribution < 1.29 is 18.7 Å². The molecule has 7 heteroatoms. The van der Waals surface area contributed by atoms with Crippen LogP contribution in [-0.2, 0) is 0 Å². The first-order valence-electron chi connectivity index (χ1n) is 7.54. The lowest BCUT2D eigenvalue weighted by Crippen LogP contribution is -2.11. The minimum atomic E-state index is -0.383. The molecule has 4 rings (SSSR count). The lowest BCUT2D eigenvalue weighted by Gasteiger charge is -2.02. The van der Waals surface area contributed by atoms with Gasteiger partial charge >= 0.3 is 0 Å². The van der Waals surface area contributed by atoms with E-state index in [9.17, 15) is 9.18 Å². The van der Waals surface area contributed by atoms with Gasteiger partial charge in [-0.1, -0.05) is 0 Å². The molecule has 1 amide bonds. The molecule has 0 fully saturated rings. The number of halogens is 1. The van der Waals surface area contributed by atoms with Crippen molar-refractivity contribution in [2.75, 3.05) is 12.1 Å². The second-order valence-corrected chi connectivity index (χ2v) is 6.66. The predicted molar refractivity (Wildman–Crippen MR) is 92.8 cm³/mol. The van der Waals surface area contributed by atoms with Crippen molar-refractivity contribution >= 4 is 22.4 Å². The number of hydrogen-bond acceptors (Lipinski definition) is 5. The molecular weight excluding hydrogens is 343 g/mol. The first kappa shape index (κ1) is 15.6. The van der Waals surface area contributed by atoms with Crippen molar-refractivity contribution in [3.05, 3.63) is 58.7 Å². The quantitative estimate of drug-likeness (QED) is 0.763. The molecule has 3 aromatic rings. The van der Waals surface area contributed by atoms with Crippen LogP contribution in [0, 0.1) is 12.7 Å². The van der Waals surface area contributed by atoms with Crippen LogP contribution in [0.4, 0.5) is 9.52 Å². The number of carbonyl (C=O) groups excluding carboxylic acids is 1. The third-order valence-electron chi connectivity index (χ3n) is 3.77. The number of aryl methyl sites for hydroxylation is 1. The van der Waals surface area contributed by atoms with E-state index in [4.69, 9.17) is 9.47 Å². The maximum Gasteiger partial charge on any atom is 0.257 e. The molecule has 25 heavy (non-hydrogen) atoms. The third kappa shape index (κ3) is 3.06. The fourth-order valence-corrected chi connectivity index (χ4v) is 3.36. The van der Waals surface area contributed by atoms with Gasteiger partial charge in [0.2, 0.25) is 6.79 Å². The fourth-order valence-electron chi connectivity index (χ4n) is 2.53. The molecule has 126 valence electrons. The van der Waals surface area contributed by atoms with Crippen LogP contribution in [0.25, 0.3) is 11.3 Å². The smallest absolute Gasteiger partial charge is 0.257 e. The van der Waals surface area contributed by atoms with Gasteiger partial charge < -0.3 is 9.47 Å². The molecule has 1 aliphatic rings. The number of anilines is 1. The van der Waals surface area contributed by atoms with Gasteiger partial charge in [0, 0.05) is 16.0 Å². The van der Waals surface area contributed by atoms with Gasteiger partial charge in [0.15, 0.2) is 16.6 Å². The molecule has 1 aliphatic heterocycles. The Morgan fingerprint density at radius 1 is 1.16 bits per heavy atom. The van der Waals surface area contributed by atoms with Gasteiger partial charge in [0.05, 0.1) is 5.69 Å². The van der Waals surface area contributed by atoms with Crippen LogP contribution in [0.1, 0.15) is 15.2 Å². The monoisotopic (exact) mass is 356 g/mol. The van der Waals surface area contributed by atoms with Crippen LogP contribution in [0.5, 0.6) is 11.5 Å². The molecule has 0 unspecified atom stereocenters. The Balaban J connectivity index is 1.58. The van der Waals surface area contributed by atoms with Crippen molar-refractivity contribution in [2.45, 2.75) is 6.92 Å². The van der Waals surface area contributed by atoms with Crippen molar-refractivity contribution in [3.8, 4) is 22.8 Å². The Bertz CT molecular complexity index is 953. The highest BCUT2D eigenvalue weighted by Gasteiger charge is 2.17. The summed E-state index contributed by atoms with van der Waals surface area (Å²) >= 11 is 1.38. The number of nitrogens with zero attached hydrogens (tertiary/aromatic N) is 1. The molecule has 1 aromatic heterocycles. The maximum atomic E-state index is 13.0. The summed E-state index contributed by atoms with van der Waals surface area (Å²) in [6.45, 7) is 2.15. The molecule has 0 saturated heterocycles. The summed E-state index contributed by atoms with van der Waals surface area (Å²) in [6, 6.07) is 11.0. The number of thiazole rings is 1. The molecule has 2 aromatic carbocycles. The number of nitrogens with one attached hydrogen (secondary N) is 1. The standard InChI is InChI=1S/C18H13FN2O3S/c1-10-16(12-4-7-14-15(8-12)24-9-23-14)20-18(25-10)21-17(22)11-2-5-13(19)6-3-11/h2-8H,9H2,1H3,(H,20,21,22). The van der Waals surface area contributed by atoms with Gasteiger partial charge in [-0.3, -0.25) is 10.1 Å². The summed E-state index contributed by atoms with van der Waals surface area (Å²) in [5.41, 5.74) is 2.04. The maximum absolute atomic E-state index is 13.0. The van der Waals surface area contributed by atoms with Gasteiger partial charge in [-0.25, -0.2) is 9.37 Å². The first-order valence-corrected chi connectivity index (χ1v) is 8.36. The molecule has 0 saturated carbocycles. The molecule has 1 N–H and O–H groups in total. The molecule has 5 nitrogen and oxygen atoms in total. The zero-order valence-corrected chi connectivity index (χ0v) is 14.0. The van der Waals surface area contributed by atoms with Gasteiger partial charge in [-0.15, -0.1) is 11.3 Å². The van der Waals surface area contributed by atoms with Gasteiger partial charge in [0.1, 0.15) is 5.82 Å². The number of carbonyl (C=O) groups is 1. The SMILES string of the molecule is Cc1sc(NC(=O)c2ccc(F)cc2)nc1-c1ccc2c(c1)OCO2. The third-order valence-corrected chi connectivity index (χ3v) is 4.66. The number of amides is 1. The van der Waals surface area contributed by atoms with E-state index in [-0.39, 0.29) is 18.5 Å². The van der Waals surface area contributed by atoms with Crippen LogP contribution in [0.15, 0.2) is 42.5 Å². The zero-order valence-electron chi connectivity index (χ0n) is 13.2. The van der Waals surface area contributed by atoms with E-state index in [1.807, 2.05) is 25.1 Å². The van der Waals surface area contributed by atoms with Crippen molar-refractivity contribution in [1.82, 2.24) is 4.98 Å². The van der Waals surface area contributed by atoms with E-state index < -0.39 is 0 Å². The van der Waals surface area contributed by atoms with Crippen LogP contribution in [-0.4, -0.2) is 17.7 Å². The Kier molecular flexibility index (Phi) is 3.85. The molecule has 0 atom stereocenters. The van der Waals surface area contributed by atoms with Gasteiger partial charge in [-0.2, -0.15) is 0 Å². The molecular formula is C18H13FN2O3S. The van der Waals surface area contributed by atoms with E-state index >= 15 is 0 Å². The zero-order chi connectivity index (χ0) is 17.4. The van der Waals surface area contributed by atoms with Crippen LogP contribution >= 0.6 is 11.3 Å².